The fraction of sp³-hybridized carbons (Fsp3) is 1.00. The minimum atomic E-state index is 0.149. The van der Waals surface area contributed by atoms with E-state index in [9.17, 15) is 0 Å². The molecule has 0 bridgehead atoms. The molecule has 1 N–H and O–H groups in total. The summed E-state index contributed by atoms with van der Waals surface area (Å²) in [4.78, 5) is 0. The maximum atomic E-state index is 8.44. The van der Waals surface area contributed by atoms with Crippen molar-refractivity contribution in [3.05, 3.63) is 0 Å². The second-order valence-corrected chi connectivity index (χ2v) is 3.46. The van der Waals surface area contributed by atoms with E-state index in [0.29, 0.717) is 6.61 Å². The summed E-state index contributed by atoms with van der Waals surface area (Å²) in [5.74, 6) is 0. The highest BCUT2D eigenvalue weighted by atomic mass is 16.4. The van der Waals surface area contributed by atoms with Gasteiger partial charge in [-0.1, -0.05) is 51.8 Å². The van der Waals surface area contributed by atoms with Crippen LogP contribution in [0.5, 0.6) is 0 Å². The second-order valence-electron chi connectivity index (χ2n) is 3.46. The van der Waals surface area contributed by atoms with Crippen LogP contribution in [-0.4, -0.2) is 25.8 Å². The molecule has 0 heterocycles. The van der Waals surface area contributed by atoms with Gasteiger partial charge < -0.3 is 9.76 Å². The summed E-state index contributed by atoms with van der Waals surface area (Å²) < 4.78 is 5.16. The first-order chi connectivity index (χ1) is 6.41. The van der Waals surface area contributed by atoms with Gasteiger partial charge in [0.1, 0.15) is 0 Å². The van der Waals surface area contributed by atoms with Gasteiger partial charge in [-0.15, -0.1) is 0 Å². The average molecular weight is 186 g/mol. The summed E-state index contributed by atoms with van der Waals surface area (Å²) in [6.07, 6.45) is 9.20. The molecule has 0 amide bonds. The predicted molar refractivity (Wildman–Crippen MR) is 58.4 cm³/mol. The van der Waals surface area contributed by atoms with E-state index in [1.807, 2.05) is 0 Å². The molecule has 3 heteroatoms. The lowest BCUT2D eigenvalue weighted by Crippen LogP contribution is -2.03. The summed E-state index contributed by atoms with van der Waals surface area (Å²) in [6, 6.07) is 0. The molecule has 0 saturated carbocycles. The molecule has 0 unspecified atom stereocenters. The molecule has 0 saturated heterocycles. The Labute approximate surface area is 83.0 Å². The molecule has 0 rings (SSSR count). The third-order valence-corrected chi connectivity index (χ3v) is 2.13. The van der Waals surface area contributed by atoms with Gasteiger partial charge in [-0.25, -0.2) is 0 Å². The summed E-state index contributed by atoms with van der Waals surface area (Å²) in [7, 11) is 0.814. The first-order valence-electron chi connectivity index (χ1n) is 5.60. The zero-order valence-corrected chi connectivity index (χ0v) is 8.93. The van der Waals surface area contributed by atoms with Crippen molar-refractivity contribution < 1.29 is 9.76 Å². The molecule has 0 fully saturated rings. The maximum absolute atomic E-state index is 8.44. The zero-order chi connectivity index (χ0) is 9.78. The molecular weight excluding hydrogens is 163 g/mol. The lowest BCUT2D eigenvalue weighted by molar-refractivity contribution is 0.206. The second kappa shape index (κ2) is 12.0. The van der Waals surface area contributed by atoms with E-state index in [2.05, 4.69) is 6.92 Å². The van der Waals surface area contributed by atoms with Crippen LogP contribution in [0.3, 0.4) is 0 Å². The zero-order valence-electron chi connectivity index (χ0n) is 8.93. The lowest BCUT2D eigenvalue weighted by atomic mass is 9.91. The van der Waals surface area contributed by atoms with Crippen LogP contribution in [-0.2, 0) is 4.65 Å². The molecule has 0 radical (unpaired) electrons. The van der Waals surface area contributed by atoms with Crippen molar-refractivity contribution in [1.82, 2.24) is 0 Å². The summed E-state index contributed by atoms with van der Waals surface area (Å²) in [6.45, 7) is 2.88. The average Bonchev–Trinajstić information content (AvgIpc) is 2.16. The topological polar surface area (TPSA) is 29.5 Å². The van der Waals surface area contributed by atoms with Crippen molar-refractivity contribution in [2.45, 2.75) is 51.8 Å². The van der Waals surface area contributed by atoms with E-state index in [1.165, 1.54) is 38.5 Å². The number of rotatable bonds is 10. The van der Waals surface area contributed by atoms with Gasteiger partial charge in [0.05, 0.1) is 13.2 Å². The third-order valence-electron chi connectivity index (χ3n) is 2.13. The Morgan fingerprint density at radius 1 is 1.08 bits per heavy atom. The quantitative estimate of drug-likeness (QED) is 0.418. The number of hydrogen-bond donors (Lipinski definition) is 1. The monoisotopic (exact) mass is 186 g/mol. The fourth-order valence-corrected chi connectivity index (χ4v) is 1.33. The fourth-order valence-electron chi connectivity index (χ4n) is 1.33. The van der Waals surface area contributed by atoms with E-state index in [-0.39, 0.29) is 6.61 Å². The van der Waals surface area contributed by atoms with E-state index in [1.54, 1.807) is 0 Å². The van der Waals surface area contributed by atoms with Crippen molar-refractivity contribution >= 4 is 7.48 Å². The molecule has 78 valence electrons. The highest BCUT2D eigenvalue weighted by Gasteiger charge is 1.93. The molecule has 0 aliphatic rings. The smallest absolute Gasteiger partial charge is 0.275 e. The molecule has 0 aliphatic heterocycles. The largest absolute Gasteiger partial charge is 0.437 e. The van der Waals surface area contributed by atoms with Crippen molar-refractivity contribution in [2.75, 3.05) is 13.2 Å². The Hall–Kier alpha value is -0.0151. The van der Waals surface area contributed by atoms with Gasteiger partial charge in [0.15, 0.2) is 0 Å². The molecule has 0 aromatic heterocycles. The van der Waals surface area contributed by atoms with E-state index in [4.69, 9.17) is 9.76 Å². The highest BCUT2D eigenvalue weighted by molar-refractivity contribution is 6.26. The van der Waals surface area contributed by atoms with Crippen LogP contribution >= 0.6 is 0 Å². The number of unbranched alkanes of at least 4 members (excludes halogenated alkanes) is 5. The predicted octanol–water partition coefficient (Wildman–Crippen LogP) is 2.13. The summed E-state index contributed by atoms with van der Waals surface area (Å²) in [5.41, 5.74) is 0. The molecule has 2 nitrogen and oxygen atoms in total. The number of aliphatic hydroxyl groups excluding tert-OH is 1. The van der Waals surface area contributed by atoms with E-state index in [0.717, 1.165) is 13.8 Å². The van der Waals surface area contributed by atoms with Gasteiger partial charge in [-0.05, 0) is 0 Å². The first-order valence-corrected chi connectivity index (χ1v) is 5.60. The Balaban J connectivity index is 2.76. The van der Waals surface area contributed by atoms with Crippen LogP contribution in [0.1, 0.15) is 45.4 Å². The van der Waals surface area contributed by atoms with Gasteiger partial charge in [-0.2, -0.15) is 0 Å². The van der Waals surface area contributed by atoms with Crippen LogP contribution in [0.15, 0.2) is 0 Å². The Morgan fingerprint density at radius 2 is 1.77 bits per heavy atom. The van der Waals surface area contributed by atoms with Crippen molar-refractivity contribution in [3.63, 3.8) is 0 Å². The van der Waals surface area contributed by atoms with Crippen LogP contribution in [0, 0.1) is 0 Å². The van der Waals surface area contributed by atoms with Crippen molar-refractivity contribution in [3.8, 4) is 0 Å². The highest BCUT2D eigenvalue weighted by Crippen LogP contribution is 2.06. The van der Waals surface area contributed by atoms with Gasteiger partial charge in [0, 0.05) is 0 Å². The number of hydrogen-bond acceptors (Lipinski definition) is 2. The van der Waals surface area contributed by atoms with Gasteiger partial charge in [0.25, 0.3) is 7.48 Å². The molecule has 13 heavy (non-hydrogen) atoms. The molecule has 0 aliphatic carbocycles. The van der Waals surface area contributed by atoms with Gasteiger partial charge >= 0.3 is 0 Å². The maximum Gasteiger partial charge on any atom is 0.275 e. The SMILES string of the molecule is CCCCCCCCBOCCO. The normalized spacial score (nSPS) is 10.3. The minimum absolute atomic E-state index is 0.149. The third kappa shape index (κ3) is 12.0. The summed E-state index contributed by atoms with van der Waals surface area (Å²) in [5, 5.41) is 8.44. The Bertz CT molecular complexity index is 79.0. The Morgan fingerprint density at radius 3 is 2.46 bits per heavy atom. The van der Waals surface area contributed by atoms with E-state index >= 15 is 0 Å². The van der Waals surface area contributed by atoms with Crippen LogP contribution in [0.2, 0.25) is 6.32 Å². The van der Waals surface area contributed by atoms with Crippen molar-refractivity contribution in [1.29, 1.82) is 0 Å². The van der Waals surface area contributed by atoms with Crippen LogP contribution in [0.25, 0.3) is 0 Å². The summed E-state index contributed by atoms with van der Waals surface area (Å²) >= 11 is 0. The molecule has 0 aromatic rings. The Kier molecular flexibility index (Phi) is 12.0. The molecule has 0 aromatic carbocycles. The number of aliphatic hydroxyl groups is 1. The van der Waals surface area contributed by atoms with Crippen LogP contribution in [0.4, 0.5) is 0 Å². The lowest BCUT2D eigenvalue weighted by Gasteiger charge is -2.00. The minimum Gasteiger partial charge on any atom is -0.437 e. The van der Waals surface area contributed by atoms with Gasteiger partial charge in [-0.3, -0.25) is 0 Å². The molecule has 0 atom stereocenters. The standard InChI is InChI=1S/C10H23BO2/c1-2-3-4-5-6-7-8-11-13-10-9-12/h11-12H,2-10H2,1H3. The van der Waals surface area contributed by atoms with Gasteiger partial charge in [0.2, 0.25) is 0 Å². The van der Waals surface area contributed by atoms with Crippen LogP contribution < -0.4 is 0 Å². The first kappa shape index (κ1) is 13.0. The molecular formula is C10H23BO2. The van der Waals surface area contributed by atoms with E-state index < -0.39 is 0 Å². The molecule has 0 spiro atoms. The van der Waals surface area contributed by atoms with Crippen molar-refractivity contribution in [2.24, 2.45) is 0 Å².